The first kappa shape index (κ1) is 20.4. The van der Waals surface area contributed by atoms with Crippen molar-refractivity contribution in [2.45, 2.75) is 33.5 Å². The number of nitrogens with two attached hydrogens (primary N) is 1. The van der Waals surface area contributed by atoms with Crippen LogP contribution in [0.25, 0.3) is 0 Å². The van der Waals surface area contributed by atoms with Crippen molar-refractivity contribution in [3.8, 4) is 11.5 Å². The van der Waals surface area contributed by atoms with E-state index in [0.717, 1.165) is 28.1 Å². The van der Waals surface area contributed by atoms with Gasteiger partial charge in [0.2, 0.25) is 5.91 Å². The van der Waals surface area contributed by atoms with Crippen LogP contribution in [0.1, 0.15) is 38.5 Å². The highest BCUT2D eigenvalue weighted by atomic mass is 16.5. The highest BCUT2D eigenvalue weighted by molar-refractivity contribution is 5.92. The van der Waals surface area contributed by atoms with Crippen LogP contribution in [0.15, 0.2) is 47.0 Å². The van der Waals surface area contributed by atoms with Crippen molar-refractivity contribution in [3.05, 3.63) is 76.2 Å². The molecule has 1 heterocycles. The molecule has 1 amide bonds. The predicted octanol–water partition coefficient (Wildman–Crippen LogP) is 3.27. The SMILES string of the molecule is COc1cc(CNCc2ccc(C(N)=O)cc2)ccc1OCc1c(C)noc1C. The van der Waals surface area contributed by atoms with Gasteiger partial charge in [-0.15, -0.1) is 0 Å². The van der Waals surface area contributed by atoms with E-state index in [4.69, 9.17) is 19.7 Å². The van der Waals surface area contributed by atoms with Crippen molar-refractivity contribution in [2.75, 3.05) is 7.11 Å². The van der Waals surface area contributed by atoms with E-state index in [1.807, 2.05) is 44.2 Å². The van der Waals surface area contributed by atoms with Gasteiger partial charge in [0.1, 0.15) is 12.4 Å². The molecule has 0 aliphatic heterocycles. The highest BCUT2D eigenvalue weighted by Crippen LogP contribution is 2.29. The Morgan fingerprint density at radius 3 is 2.38 bits per heavy atom. The number of nitrogens with zero attached hydrogens (tertiary/aromatic N) is 1. The molecule has 1 aromatic heterocycles. The number of benzene rings is 2. The van der Waals surface area contributed by atoms with Gasteiger partial charge in [0.05, 0.1) is 18.4 Å². The number of ether oxygens (including phenoxy) is 2. The number of nitrogens with one attached hydrogen (secondary N) is 1. The Morgan fingerprint density at radius 2 is 1.76 bits per heavy atom. The lowest BCUT2D eigenvalue weighted by Gasteiger charge is -2.13. The molecule has 0 saturated heterocycles. The molecular formula is C22H25N3O4. The number of hydrogen-bond acceptors (Lipinski definition) is 6. The van der Waals surface area contributed by atoms with E-state index in [9.17, 15) is 4.79 Å². The van der Waals surface area contributed by atoms with Crippen molar-refractivity contribution < 1.29 is 18.8 Å². The summed E-state index contributed by atoms with van der Waals surface area (Å²) in [5, 5.41) is 7.31. The van der Waals surface area contributed by atoms with Crippen LogP contribution in [0.4, 0.5) is 0 Å². The minimum Gasteiger partial charge on any atom is -0.493 e. The van der Waals surface area contributed by atoms with Crippen LogP contribution >= 0.6 is 0 Å². The molecule has 7 nitrogen and oxygen atoms in total. The second-order valence-electron chi connectivity index (χ2n) is 6.74. The van der Waals surface area contributed by atoms with Crippen LogP contribution in [0.2, 0.25) is 0 Å². The van der Waals surface area contributed by atoms with Crippen molar-refractivity contribution in [2.24, 2.45) is 5.73 Å². The first-order chi connectivity index (χ1) is 14.0. The van der Waals surface area contributed by atoms with Gasteiger partial charge >= 0.3 is 0 Å². The van der Waals surface area contributed by atoms with Crippen molar-refractivity contribution >= 4 is 5.91 Å². The molecule has 0 atom stereocenters. The van der Waals surface area contributed by atoms with Crippen LogP contribution < -0.4 is 20.5 Å². The van der Waals surface area contributed by atoms with E-state index >= 15 is 0 Å². The number of primary amides is 1. The molecule has 0 aliphatic carbocycles. The molecule has 3 rings (SSSR count). The Labute approximate surface area is 169 Å². The molecule has 3 aromatic rings. The van der Waals surface area contributed by atoms with Gasteiger partial charge in [0.15, 0.2) is 11.5 Å². The summed E-state index contributed by atoms with van der Waals surface area (Å²) < 4.78 is 16.6. The number of rotatable bonds is 9. The van der Waals surface area contributed by atoms with Gasteiger partial charge in [-0.1, -0.05) is 23.4 Å². The van der Waals surface area contributed by atoms with Gasteiger partial charge in [-0.25, -0.2) is 0 Å². The number of aromatic nitrogens is 1. The number of methoxy groups -OCH3 is 1. The third kappa shape index (κ3) is 5.14. The average Bonchev–Trinajstić information content (AvgIpc) is 3.04. The Hall–Kier alpha value is -3.32. The molecule has 0 spiro atoms. The molecular weight excluding hydrogens is 370 g/mol. The monoisotopic (exact) mass is 395 g/mol. The largest absolute Gasteiger partial charge is 0.493 e. The van der Waals surface area contributed by atoms with Gasteiger partial charge in [-0.05, 0) is 49.2 Å². The minimum atomic E-state index is -0.423. The predicted molar refractivity (Wildman–Crippen MR) is 109 cm³/mol. The summed E-state index contributed by atoms with van der Waals surface area (Å²) in [6.07, 6.45) is 0. The Kier molecular flexibility index (Phi) is 6.51. The zero-order chi connectivity index (χ0) is 20.8. The van der Waals surface area contributed by atoms with Gasteiger partial charge in [0, 0.05) is 18.7 Å². The van der Waals surface area contributed by atoms with Gasteiger partial charge in [0.25, 0.3) is 0 Å². The van der Waals surface area contributed by atoms with Crippen LogP contribution in [-0.2, 0) is 19.7 Å². The summed E-state index contributed by atoms with van der Waals surface area (Å²) in [5.41, 5.74) is 9.67. The van der Waals surface area contributed by atoms with E-state index in [-0.39, 0.29) is 0 Å². The first-order valence-corrected chi connectivity index (χ1v) is 9.29. The summed E-state index contributed by atoms with van der Waals surface area (Å²) in [5.74, 6) is 1.67. The smallest absolute Gasteiger partial charge is 0.248 e. The van der Waals surface area contributed by atoms with Gasteiger partial charge in [-0.2, -0.15) is 0 Å². The van der Waals surface area contributed by atoms with Crippen molar-refractivity contribution in [3.63, 3.8) is 0 Å². The summed E-state index contributed by atoms with van der Waals surface area (Å²) in [7, 11) is 1.62. The van der Waals surface area contributed by atoms with Gasteiger partial charge < -0.3 is 25.0 Å². The van der Waals surface area contributed by atoms with Crippen molar-refractivity contribution in [1.82, 2.24) is 10.5 Å². The summed E-state index contributed by atoms with van der Waals surface area (Å²) >= 11 is 0. The number of amides is 1. The fourth-order valence-electron chi connectivity index (χ4n) is 2.94. The molecule has 0 bridgehead atoms. The average molecular weight is 395 g/mol. The molecule has 0 unspecified atom stereocenters. The fourth-order valence-corrected chi connectivity index (χ4v) is 2.94. The molecule has 0 saturated carbocycles. The Balaban J connectivity index is 1.57. The van der Waals surface area contributed by atoms with Crippen molar-refractivity contribution in [1.29, 1.82) is 0 Å². The molecule has 29 heavy (non-hydrogen) atoms. The Morgan fingerprint density at radius 1 is 1.07 bits per heavy atom. The zero-order valence-corrected chi connectivity index (χ0v) is 16.8. The maximum Gasteiger partial charge on any atom is 0.248 e. The number of carbonyl (C=O) groups is 1. The maximum atomic E-state index is 11.1. The lowest BCUT2D eigenvalue weighted by Crippen LogP contribution is -2.14. The molecule has 7 heteroatoms. The van der Waals surface area contributed by atoms with E-state index in [1.165, 1.54) is 0 Å². The van der Waals surface area contributed by atoms with Crippen LogP contribution in [0.5, 0.6) is 11.5 Å². The van der Waals surface area contributed by atoms with E-state index < -0.39 is 5.91 Å². The quantitative estimate of drug-likeness (QED) is 0.577. The summed E-state index contributed by atoms with van der Waals surface area (Å²) in [4.78, 5) is 11.1. The molecule has 0 fully saturated rings. The lowest BCUT2D eigenvalue weighted by atomic mass is 10.1. The second kappa shape index (κ2) is 9.25. The normalized spacial score (nSPS) is 10.7. The van der Waals surface area contributed by atoms with Crippen LogP contribution in [0.3, 0.4) is 0 Å². The second-order valence-corrected chi connectivity index (χ2v) is 6.74. The molecule has 2 aromatic carbocycles. The number of hydrogen-bond donors (Lipinski definition) is 2. The highest BCUT2D eigenvalue weighted by Gasteiger charge is 2.12. The molecule has 0 aliphatic rings. The minimum absolute atomic E-state index is 0.371. The third-order valence-electron chi connectivity index (χ3n) is 4.68. The van der Waals surface area contributed by atoms with Gasteiger partial charge in [-0.3, -0.25) is 4.79 Å². The summed E-state index contributed by atoms with van der Waals surface area (Å²) in [6, 6.07) is 13.1. The topological polar surface area (TPSA) is 99.6 Å². The molecule has 152 valence electrons. The van der Waals surface area contributed by atoms with E-state index in [2.05, 4.69) is 10.5 Å². The van der Waals surface area contributed by atoms with E-state index in [1.54, 1.807) is 19.2 Å². The summed E-state index contributed by atoms with van der Waals surface area (Å²) in [6.45, 7) is 5.47. The van der Waals surface area contributed by atoms with E-state index in [0.29, 0.717) is 36.8 Å². The zero-order valence-electron chi connectivity index (χ0n) is 16.8. The standard InChI is InChI=1S/C22H25N3O4/c1-14-19(15(2)29-25-14)13-28-20-9-6-17(10-21(20)27-3)12-24-11-16-4-7-18(8-5-16)22(23)26/h4-10,24H,11-13H2,1-3H3,(H2,23,26). The van der Waals surface area contributed by atoms with Crippen LogP contribution in [-0.4, -0.2) is 18.2 Å². The first-order valence-electron chi connectivity index (χ1n) is 9.29. The number of carbonyl (C=O) groups excluding carboxylic acids is 1. The molecule has 0 radical (unpaired) electrons. The Bertz CT molecular complexity index is 961. The maximum absolute atomic E-state index is 11.1. The fraction of sp³-hybridized carbons (Fsp3) is 0.273. The molecule has 3 N–H and O–H groups in total. The number of aryl methyl sites for hydroxylation is 2. The van der Waals surface area contributed by atoms with Crippen LogP contribution in [0, 0.1) is 13.8 Å². The lowest BCUT2D eigenvalue weighted by molar-refractivity contribution is 0.100. The third-order valence-corrected chi connectivity index (χ3v) is 4.68.